The van der Waals surface area contributed by atoms with Crippen molar-refractivity contribution in [2.45, 2.75) is 57.3 Å². The summed E-state index contributed by atoms with van der Waals surface area (Å²) < 4.78 is 73.0. The molecule has 14 heteroatoms. The molecule has 0 fully saturated rings. The summed E-state index contributed by atoms with van der Waals surface area (Å²) in [4.78, 5) is 36.3. The van der Waals surface area contributed by atoms with Crippen LogP contribution in [0.2, 0.25) is 0 Å². The van der Waals surface area contributed by atoms with E-state index >= 15 is 0 Å². The van der Waals surface area contributed by atoms with E-state index in [0.29, 0.717) is 5.56 Å². The lowest BCUT2D eigenvalue weighted by atomic mass is 10.1. The Bertz CT molecular complexity index is 957. The molecule has 0 unspecified atom stereocenters. The number of hydrogen-bond donors (Lipinski definition) is 2. The molecule has 1 rings (SSSR count). The van der Waals surface area contributed by atoms with Gasteiger partial charge in [-0.05, 0) is 45.4 Å². The topological polar surface area (TPSA) is 137 Å². The van der Waals surface area contributed by atoms with Gasteiger partial charge in [0.05, 0.1) is 7.11 Å². The largest absolute Gasteiger partial charge is 0.534 e. The fourth-order valence-electron chi connectivity index (χ4n) is 2.27. The summed E-state index contributed by atoms with van der Waals surface area (Å²) in [6, 6.07) is 2.06. The zero-order valence-corrected chi connectivity index (χ0v) is 19.3. The van der Waals surface area contributed by atoms with Gasteiger partial charge in [0.2, 0.25) is 5.91 Å². The molecule has 0 aliphatic carbocycles. The van der Waals surface area contributed by atoms with E-state index in [1.54, 1.807) is 20.8 Å². The number of esters is 1. The molecule has 2 atom stereocenters. The Hall–Kier alpha value is -3.03. The van der Waals surface area contributed by atoms with Crippen LogP contribution in [0.25, 0.3) is 0 Å². The smallest absolute Gasteiger partial charge is 0.467 e. The van der Waals surface area contributed by atoms with Crippen molar-refractivity contribution >= 4 is 28.1 Å². The average molecular weight is 498 g/mol. The summed E-state index contributed by atoms with van der Waals surface area (Å²) in [5, 5.41) is 4.71. The van der Waals surface area contributed by atoms with Gasteiger partial charge in [-0.2, -0.15) is 21.6 Å². The Morgan fingerprint density at radius 3 is 2.03 bits per heavy atom. The molecule has 2 N–H and O–H groups in total. The number of ether oxygens (including phenoxy) is 2. The molecule has 0 aliphatic rings. The minimum absolute atomic E-state index is 0.149. The number of carbonyl (C=O) groups is 3. The number of benzene rings is 1. The fraction of sp³-hybridized carbons (Fsp3) is 0.526. The first-order valence-corrected chi connectivity index (χ1v) is 10.8. The second-order valence-electron chi connectivity index (χ2n) is 7.78. The molecule has 0 saturated carbocycles. The molecule has 0 radical (unpaired) electrons. The normalized spacial score (nSPS) is 13.9. The molecule has 1 aromatic rings. The van der Waals surface area contributed by atoms with Gasteiger partial charge in [-0.15, -0.1) is 0 Å². The molecular weight excluding hydrogens is 473 g/mol. The van der Waals surface area contributed by atoms with Crippen LogP contribution >= 0.6 is 0 Å². The maximum atomic E-state index is 12.4. The van der Waals surface area contributed by atoms with Crippen LogP contribution in [0, 0.1) is 0 Å². The Morgan fingerprint density at radius 2 is 1.58 bits per heavy atom. The molecule has 0 saturated heterocycles. The molecule has 33 heavy (non-hydrogen) atoms. The SMILES string of the molecule is COC(=O)[C@H](Cc1ccc(OS(=O)(=O)C(F)(F)F)cc1)NC(=O)[C@H](C)NC(=O)OC(C)(C)C. The van der Waals surface area contributed by atoms with Crippen LogP contribution in [0.4, 0.5) is 18.0 Å². The van der Waals surface area contributed by atoms with Gasteiger partial charge in [-0.25, -0.2) is 9.59 Å². The number of methoxy groups -OCH3 is 1. The van der Waals surface area contributed by atoms with E-state index in [1.165, 1.54) is 19.1 Å². The Morgan fingerprint density at radius 1 is 1.03 bits per heavy atom. The zero-order chi connectivity index (χ0) is 25.6. The number of amides is 2. The lowest BCUT2D eigenvalue weighted by molar-refractivity contribution is -0.145. The number of alkyl halides is 3. The summed E-state index contributed by atoms with van der Waals surface area (Å²) in [7, 11) is -4.74. The van der Waals surface area contributed by atoms with E-state index in [4.69, 9.17) is 4.74 Å². The number of hydrogen-bond acceptors (Lipinski definition) is 8. The van der Waals surface area contributed by atoms with Crippen molar-refractivity contribution in [1.82, 2.24) is 10.6 Å². The van der Waals surface area contributed by atoms with Gasteiger partial charge in [0.15, 0.2) is 0 Å². The van der Waals surface area contributed by atoms with Crippen molar-refractivity contribution in [3.63, 3.8) is 0 Å². The fourth-order valence-corrected chi connectivity index (χ4v) is 2.73. The first-order valence-electron chi connectivity index (χ1n) is 9.42. The molecule has 1 aromatic carbocycles. The monoisotopic (exact) mass is 498 g/mol. The molecule has 0 spiro atoms. The summed E-state index contributed by atoms with van der Waals surface area (Å²) >= 11 is 0. The summed E-state index contributed by atoms with van der Waals surface area (Å²) in [6.45, 7) is 6.28. The maximum absolute atomic E-state index is 12.4. The minimum atomic E-state index is -5.83. The van der Waals surface area contributed by atoms with E-state index in [9.17, 15) is 36.0 Å². The second kappa shape index (κ2) is 10.7. The Balaban J connectivity index is 2.85. The minimum Gasteiger partial charge on any atom is -0.467 e. The molecule has 186 valence electrons. The average Bonchev–Trinajstić information content (AvgIpc) is 2.65. The highest BCUT2D eigenvalue weighted by atomic mass is 32.2. The molecule has 0 bridgehead atoms. The van der Waals surface area contributed by atoms with Crippen molar-refractivity contribution in [1.29, 1.82) is 0 Å². The number of rotatable bonds is 8. The van der Waals surface area contributed by atoms with Gasteiger partial charge in [-0.1, -0.05) is 12.1 Å². The second-order valence-corrected chi connectivity index (χ2v) is 9.32. The molecular formula is C19H25F3N2O8S. The third-order valence-corrected chi connectivity index (χ3v) is 4.76. The molecule has 10 nitrogen and oxygen atoms in total. The van der Waals surface area contributed by atoms with Crippen LogP contribution in [0.5, 0.6) is 5.75 Å². The van der Waals surface area contributed by atoms with Crippen LogP contribution in [0.3, 0.4) is 0 Å². The van der Waals surface area contributed by atoms with E-state index in [2.05, 4.69) is 19.6 Å². The number of alkyl carbamates (subject to hydrolysis) is 1. The van der Waals surface area contributed by atoms with Crippen molar-refractivity contribution in [2.24, 2.45) is 0 Å². The zero-order valence-electron chi connectivity index (χ0n) is 18.5. The number of carbonyl (C=O) groups excluding carboxylic acids is 3. The van der Waals surface area contributed by atoms with Crippen molar-refractivity contribution in [2.75, 3.05) is 7.11 Å². The Labute approximate surface area is 188 Å². The first-order chi connectivity index (χ1) is 14.9. The molecule has 0 aromatic heterocycles. The number of halogens is 3. The van der Waals surface area contributed by atoms with Crippen LogP contribution in [-0.2, 0) is 35.6 Å². The van der Waals surface area contributed by atoms with Gasteiger partial charge >= 0.3 is 27.7 Å². The van der Waals surface area contributed by atoms with Gasteiger partial charge in [0, 0.05) is 6.42 Å². The molecule has 0 aliphatic heterocycles. The van der Waals surface area contributed by atoms with Crippen LogP contribution < -0.4 is 14.8 Å². The third kappa shape index (κ3) is 9.16. The van der Waals surface area contributed by atoms with E-state index < -0.39 is 57.0 Å². The lowest BCUT2D eigenvalue weighted by Gasteiger charge is -2.23. The van der Waals surface area contributed by atoms with Crippen molar-refractivity contribution in [3.05, 3.63) is 29.8 Å². The van der Waals surface area contributed by atoms with E-state index in [1.807, 2.05) is 0 Å². The van der Waals surface area contributed by atoms with Crippen LogP contribution in [-0.4, -0.2) is 56.7 Å². The van der Waals surface area contributed by atoms with E-state index in [-0.39, 0.29) is 6.42 Å². The number of nitrogens with one attached hydrogen (secondary N) is 2. The predicted octanol–water partition coefficient (Wildman–Crippen LogP) is 2.03. The highest BCUT2D eigenvalue weighted by molar-refractivity contribution is 7.88. The van der Waals surface area contributed by atoms with Crippen LogP contribution in [0.1, 0.15) is 33.3 Å². The molecule has 0 heterocycles. The highest BCUT2D eigenvalue weighted by Gasteiger charge is 2.48. The lowest BCUT2D eigenvalue weighted by Crippen LogP contribution is -2.51. The first kappa shape index (κ1) is 28.0. The summed E-state index contributed by atoms with van der Waals surface area (Å²) in [5.74, 6) is -2.15. The summed E-state index contributed by atoms with van der Waals surface area (Å²) in [5.41, 5.74) is -6.03. The standard InChI is InChI=1S/C19H25F3N2O8S/c1-11(23-17(27)31-18(2,3)4)15(25)24-14(16(26)30-5)10-12-6-8-13(9-7-12)32-33(28,29)19(20,21)22/h6-9,11,14H,10H2,1-5H3,(H,23,27)(H,24,25)/t11-,14-/m0/s1. The van der Waals surface area contributed by atoms with Gasteiger partial charge in [-0.3, -0.25) is 4.79 Å². The predicted molar refractivity (Wildman–Crippen MR) is 109 cm³/mol. The van der Waals surface area contributed by atoms with Crippen molar-refractivity contribution in [3.8, 4) is 5.75 Å². The van der Waals surface area contributed by atoms with Gasteiger partial charge < -0.3 is 24.3 Å². The van der Waals surface area contributed by atoms with Gasteiger partial charge in [0.1, 0.15) is 23.4 Å². The van der Waals surface area contributed by atoms with E-state index in [0.717, 1.165) is 19.2 Å². The molecule has 2 amide bonds. The summed E-state index contributed by atoms with van der Waals surface area (Å²) in [6.07, 6.45) is -0.992. The third-order valence-electron chi connectivity index (χ3n) is 3.78. The van der Waals surface area contributed by atoms with Crippen molar-refractivity contribution < 1.29 is 49.6 Å². The van der Waals surface area contributed by atoms with Gasteiger partial charge in [0.25, 0.3) is 0 Å². The Kier molecular flexibility index (Phi) is 9.10. The van der Waals surface area contributed by atoms with Crippen LogP contribution in [0.15, 0.2) is 24.3 Å². The highest BCUT2D eigenvalue weighted by Crippen LogP contribution is 2.27. The quantitative estimate of drug-likeness (QED) is 0.316. The maximum Gasteiger partial charge on any atom is 0.534 e.